The van der Waals surface area contributed by atoms with Crippen molar-refractivity contribution in [3.63, 3.8) is 0 Å². The molecule has 0 aliphatic heterocycles. The van der Waals surface area contributed by atoms with Crippen LogP contribution < -0.4 is 5.32 Å². The molecule has 2 N–H and O–H groups in total. The molecular formula is C11H19N3O2S. The number of nitrogens with one attached hydrogen (secondary N) is 1. The Labute approximate surface area is 106 Å². The zero-order valence-corrected chi connectivity index (χ0v) is 10.7. The van der Waals surface area contributed by atoms with E-state index in [-0.39, 0.29) is 12.5 Å². The average molecular weight is 257 g/mol. The van der Waals surface area contributed by atoms with Gasteiger partial charge in [0, 0.05) is 44.3 Å². The number of hydrogen-bond acceptors (Lipinski definition) is 4. The van der Waals surface area contributed by atoms with Gasteiger partial charge < -0.3 is 10.4 Å². The van der Waals surface area contributed by atoms with E-state index in [1.807, 2.05) is 12.3 Å². The smallest absolute Gasteiger partial charge is 0.221 e. The minimum Gasteiger partial charge on any atom is -0.396 e. The van der Waals surface area contributed by atoms with E-state index in [9.17, 15) is 4.79 Å². The van der Waals surface area contributed by atoms with Crippen LogP contribution in [0, 0.1) is 0 Å². The quantitative estimate of drug-likeness (QED) is 0.632. The van der Waals surface area contributed by atoms with Crippen molar-refractivity contribution in [2.75, 3.05) is 24.7 Å². The first-order valence-electron chi connectivity index (χ1n) is 5.75. The summed E-state index contributed by atoms with van der Waals surface area (Å²) in [6.07, 6.45) is 4.83. The third kappa shape index (κ3) is 7.01. The van der Waals surface area contributed by atoms with Crippen molar-refractivity contribution >= 4 is 17.7 Å². The van der Waals surface area contributed by atoms with E-state index in [2.05, 4.69) is 10.4 Å². The zero-order valence-electron chi connectivity index (χ0n) is 9.84. The van der Waals surface area contributed by atoms with Crippen molar-refractivity contribution in [1.29, 1.82) is 0 Å². The number of aromatic nitrogens is 2. The lowest BCUT2D eigenvalue weighted by Gasteiger charge is -2.05. The number of carbonyl (C=O) groups excluding carboxylic acids is 1. The molecule has 96 valence electrons. The van der Waals surface area contributed by atoms with Crippen LogP contribution in [0.25, 0.3) is 0 Å². The minimum absolute atomic E-state index is 0.0586. The van der Waals surface area contributed by atoms with Gasteiger partial charge in [0.2, 0.25) is 5.91 Å². The van der Waals surface area contributed by atoms with Crippen LogP contribution in [0.4, 0.5) is 0 Å². The van der Waals surface area contributed by atoms with Crippen molar-refractivity contribution < 1.29 is 9.90 Å². The summed E-state index contributed by atoms with van der Waals surface area (Å²) in [5, 5.41) is 15.5. The van der Waals surface area contributed by atoms with Crippen LogP contribution in [0.2, 0.25) is 0 Å². The second-order valence-corrected chi connectivity index (χ2v) is 4.78. The van der Waals surface area contributed by atoms with Gasteiger partial charge in [-0.3, -0.25) is 9.48 Å². The second-order valence-electron chi connectivity index (χ2n) is 3.56. The zero-order chi connectivity index (χ0) is 12.3. The molecule has 1 rings (SSSR count). The van der Waals surface area contributed by atoms with Gasteiger partial charge in [-0.1, -0.05) is 0 Å². The predicted octanol–water partition coefficient (Wildman–Crippen LogP) is 0.505. The molecule has 0 aliphatic carbocycles. The van der Waals surface area contributed by atoms with Gasteiger partial charge in [-0.25, -0.2) is 0 Å². The lowest BCUT2D eigenvalue weighted by molar-refractivity contribution is -0.121. The molecule has 1 aromatic rings. The van der Waals surface area contributed by atoms with Gasteiger partial charge in [0.05, 0.1) is 0 Å². The van der Waals surface area contributed by atoms with Crippen molar-refractivity contribution in [3.05, 3.63) is 18.5 Å². The lowest BCUT2D eigenvalue weighted by atomic mass is 10.4. The topological polar surface area (TPSA) is 67.2 Å². The number of nitrogens with zero attached hydrogens (tertiary/aromatic N) is 2. The molecule has 0 saturated carbocycles. The molecule has 0 bridgehead atoms. The molecule has 1 aromatic heterocycles. The fraction of sp³-hybridized carbons (Fsp3) is 0.636. The monoisotopic (exact) mass is 257 g/mol. The molecule has 0 spiro atoms. The molecule has 0 aromatic carbocycles. The second kappa shape index (κ2) is 9.07. The highest BCUT2D eigenvalue weighted by atomic mass is 32.2. The largest absolute Gasteiger partial charge is 0.396 e. The van der Waals surface area contributed by atoms with Gasteiger partial charge in [0.1, 0.15) is 0 Å². The number of aryl methyl sites for hydroxylation is 1. The van der Waals surface area contributed by atoms with Crippen LogP contribution in [-0.2, 0) is 11.3 Å². The summed E-state index contributed by atoms with van der Waals surface area (Å²) in [6, 6.07) is 1.84. The lowest BCUT2D eigenvalue weighted by Crippen LogP contribution is -2.26. The summed E-state index contributed by atoms with van der Waals surface area (Å²) in [7, 11) is 0. The Hall–Kier alpha value is -1.01. The van der Waals surface area contributed by atoms with E-state index in [0.717, 1.165) is 17.9 Å². The highest BCUT2D eigenvalue weighted by Gasteiger charge is 2.00. The van der Waals surface area contributed by atoms with Crippen LogP contribution in [0.1, 0.15) is 12.8 Å². The summed E-state index contributed by atoms with van der Waals surface area (Å²) in [5.41, 5.74) is 0. The van der Waals surface area contributed by atoms with Gasteiger partial charge in [0.15, 0.2) is 0 Å². The van der Waals surface area contributed by atoms with Gasteiger partial charge in [0.25, 0.3) is 0 Å². The fourth-order valence-corrected chi connectivity index (χ4v) is 2.05. The van der Waals surface area contributed by atoms with Gasteiger partial charge >= 0.3 is 0 Å². The number of thioether (sulfide) groups is 1. The third-order valence-electron chi connectivity index (χ3n) is 2.14. The number of hydrogen-bond donors (Lipinski definition) is 2. The Kier molecular flexibility index (Phi) is 7.49. The minimum atomic E-state index is 0.0586. The molecule has 5 nitrogen and oxygen atoms in total. The number of carbonyl (C=O) groups is 1. The maximum Gasteiger partial charge on any atom is 0.221 e. The van der Waals surface area contributed by atoms with E-state index < -0.39 is 0 Å². The van der Waals surface area contributed by atoms with Crippen molar-refractivity contribution in [2.45, 2.75) is 19.4 Å². The number of amides is 1. The summed E-state index contributed by atoms with van der Waals surface area (Å²) < 4.78 is 1.75. The first-order chi connectivity index (χ1) is 8.33. The Morgan fingerprint density at radius 1 is 1.47 bits per heavy atom. The van der Waals surface area contributed by atoms with E-state index >= 15 is 0 Å². The summed E-state index contributed by atoms with van der Waals surface area (Å²) in [4.78, 5) is 11.4. The van der Waals surface area contributed by atoms with Crippen LogP contribution in [0.3, 0.4) is 0 Å². The van der Waals surface area contributed by atoms with Gasteiger partial charge in [-0.2, -0.15) is 16.9 Å². The van der Waals surface area contributed by atoms with Crippen LogP contribution >= 0.6 is 11.8 Å². The van der Waals surface area contributed by atoms with Crippen LogP contribution in [-0.4, -0.2) is 45.5 Å². The molecule has 0 fully saturated rings. The first kappa shape index (κ1) is 14.1. The molecule has 0 aliphatic rings. The van der Waals surface area contributed by atoms with Gasteiger partial charge in [-0.15, -0.1) is 0 Å². The normalized spacial score (nSPS) is 10.4. The molecule has 6 heteroatoms. The molecular weight excluding hydrogens is 238 g/mol. The molecule has 0 radical (unpaired) electrons. The molecule has 0 saturated heterocycles. The van der Waals surface area contributed by atoms with Crippen molar-refractivity contribution in [1.82, 2.24) is 15.1 Å². The standard InChI is InChI=1S/C11H19N3O2S/c15-8-2-9-17-10-5-12-11(16)3-7-14-6-1-4-13-14/h1,4,6,15H,2-3,5,7-10H2,(H,12,16). The van der Waals surface area contributed by atoms with E-state index in [0.29, 0.717) is 19.5 Å². The molecule has 1 amide bonds. The van der Waals surface area contributed by atoms with E-state index in [1.165, 1.54) is 0 Å². The fourth-order valence-electron chi connectivity index (χ4n) is 1.27. The third-order valence-corrected chi connectivity index (χ3v) is 3.21. The SMILES string of the molecule is O=C(CCn1cccn1)NCCSCCCO. The summed E-state index contributed by atoms with van der Waals surface area (Å²) in [5.74, 6) is 1.90. The first-order valence-corrected chi connectivity index (χ1v) is 6.91. The van der Waals surface area contributed by atoms with E-state index in [4.69, 9.17) is 5.11 Å². The highest BCUT2D eigenvalue weighted by Crippen LogP contribution is 2.00. The summed E-state index contributed by atoms with van der Waals surface area (Å²) >= 11 is 1.74. The number of rotatable bonds is 9. The Bertz CT molecular complexity index is 304. The average Bonchev–Trinajstić information content (AvgIpc) is 2.84. The molecule has 0 atom stereocenters. The van der Waals surface area contributed by atoms with Gasteiger partial charge in [-0.05, 0) is 18.2 Å². The van der Waals surface area contributed by atoms with Crippen LogP contribution in [0.5, 0.6) is 0 Å². The predicted molar refractivity (Wildman–Crippen MR) is 68.9 cm³/mol. The van der Waals surface area contributed by atoms with E-state index in [1.54, 1.807) is 22.6 Å². The maximum atomic E-state index is 11.4. The van der Waals surface area contributed by atoms with Crippen molar-refractivity contribution in [3.8, 4) is 0 Å². The number of aliphatic hydroxyl groups excluding tert-OH is 1. The van der Waals surface area contributed by atoms with Crippen LogP contribution in [0.15, 0.2) is 18.5 Å². The summed E-state index contributed by atoms with van der Waals surface area (Å²) in [6.45, 7) is 1.55. The number of aliphatic hydroxyl groups is 1. The Balaban J connectivity index is 1.94. The molecule has 0 unspecified atom stereocenters. The maximum absolute atomic E-state index is 11.4. The molecule has 1 heterocycles. The Morgan fingerprint density at radius 3 is 3.06 bits per heavy atom. The highest BCUT2D eigenvalue weighted by molar-refractivity contribution is 7.99. The van der Waals surface area contributed by atoms with Crippen molar-refractivity contribution in [2.24, 2.45) is 0 Å². The Morgan fingerprint density at radius 2 is 2.35 bits per heavy atom. The molecule has 17 heavy (non-hydrogen) atoms.